The zero-order valence-corrected chi connectivity index (χ0v) is 11.2. The molecule has 0 aliphatic heterocycles. The van der Waals surface area contributed by atoms with Crippen LogP contribution in [-0.4, -0.2) is 5.91 Å². The highest BCUT2D eigenvalue weighted by molar-refractivity contribution is 9.10. The lowest BCUT2D eigenvalue weighted by molar-refractivity contribution is 0.102. The molecule has 1 amide bonds. The molecule has 19 heavy (non-hydrogen) atoms. The Morgan fingerprint density at radius 2 is 1.79 bits per heavy atom. The van der Waals surface area contributed by atoms with Crippen LogP contribution in [0.15, 0.2) is 40.9 Å². The summed E-state index contributed by atoms with van der Waals surface area (Å²) in [5, 5.41) is 2.18. The predicted molar refractivity (Wildman–Crippen MR) is 72.9 cm³/mol. The van der Waals surface area contributed by atoms with Crippen LogP contribution in [0.1, 0.15) is 10.4 Å². The SMILES string of the molecule is Nc1cc(Br)cc(C(=O)Nc2c(F)cccc2F)c1. The van der Waals surface area contributed by atoms with Gasteiger partial charge in [0.25, 0.3) is 5.91 Å². The molecule has 2 aromatic carbocycles. The minimum atomic E-state index is -0.837. The molecule has 2 aromatic rings. The van der Waals surface area contributed by atoms with Crippen LogP contribution < -0.4 is 11.1 Å². The van der Waals surface area contributed by atoms with Gasteiger partial charge in [-0.2, -0.15) is 0 Å². The molecule has 0 spiro atoms. The molecule has 6 heteroatoms. The van der Waals surface area contributed by atoms with Gasteiger partial charge in [-0.15, -0.1) is 0 Å². The zero-order chi connectivity index (χ0) is 14.0. The third-order valence-corrected chi connectivity index (χ3v) is 2.84. The summed E-state index contributed by atoms with van der Waals surface area (Å²) in [5.74, 6) is -2.32. The van der Waals surface area contributed by atoms with Gasteiger partial charge in [-0.1, -0.05) is 22.0 Å². The fourth-order valence-electron chi connectivity index (χ4n) is 1.55. The molecule has 0 fully saturated rings. The van der Waals surface area contributed by atoms with Gasteiger partial charge in [0.05, 0.1) is 0 Å². The Labute approximate surface area is 116 Å². The topological polar surface area (TPSA) is 55.1 Å². The minimum Gasteiger partial charge on any atom is -0.399 e. The zero-order valence-electron chi connectivity index (χ0n) is 9.58. The Morgan fingerprint density at radius 1 is 1.16 bits per heavy atom. The lowest BCUT2D eigenvalue weighted by atomic mass is 10.2. The van der Waals surface area contributed by atoms with E-state index in [1.54, 1.807) is 6.07 Å². The van der Waals surface area contributed by atoms with E-state index in [9.17, 15) is 13.6 Å². The summed E-state index contributed by atoms with van der Waals surface area (Å²) in [6.45, 7) is 0. The van der Waals surface area contributed by atoms with Crippen molar-refractivity contribution in [3.8, 4) is 0 Å². The number of carbonyl (C=O) groups excluding carboxylic acids is 1. The normalized spacial score (nSPS) is 10.3. The molecule has 3 N–H and O–H groups in total. The second kappa shape index (κ2) is 5.36. The summed E-state index contributed by atoms with van der Waals surface area (Å²) in [6.07, 6.45) is 0. The Hall–Kier alpha value is -1.95. The third kappa shape index (κ3) is 3.08. The Kier molecular flexibility index (Phi) is 3.80. The van der Waals surface area contributed by atoms with Gasteiger partial charge in [-0.25, -0.2) is 8.78 Å². The number of nitrogen functional groups attached to an aromatic ring is 1. The first kappa shape index (κ1) is 13.5. The predicted octanol–water partition coefficient (Wildman–Crippen LogP) is 3.56. The molecule has 0 unspecified atom stereocenters. The second-order valence-corrected chi connectivity index (χ2v) is 4.74. The van der Waals surface area contributed by atoms with Crippen LogP contribution in [0.4, 0.5) is 20.2 Å². The van der Waals surface area contributed by atoms with E-state index in [4.69, 9.17) is 5.73 Å². The van der Waals surface area contributed by atoms with Crippen molar-refractivity contribution in [3.63, 3.8) is 0 Å². The third-order valence-electron chi connectivity index (χ3n) is 2.38. The van der Waals surface area contributed by atoms with Crippen LogP contribution in [0.25, 0.3) is 0 Å². The Morgan fingerprint density at radius 3 is 2.37 bits per heavy atom. The number of hydrogen-bond acceptors (Lipinski definition) is 2. The molecule has 0 heterocycles. The molecule has 98 valence electrons. The lowest BCUT2D eigenvalue weighted by Crippen LogP contribution is -2.14. The number of para-hydroxylation sites is 1. The molecule has 0 saturated heterocycles. The van der Waals surface area contributed by atoms with Crippen molar-refractivity contribution in [1.29, 1.82) is 0 Å². The molecular weight excluding hydrogens is 318 g/mol. The van der Waals surface area contributed by atoms with E-state index < -0.39 is 23.2 Å². The monoisotopic (exact) mass is 326 g/mol. The average molecular weight is 327 g/mol. The van der Waals surface area contributed by atoms with Crippen LogP contribution in [0.5, 0.6) is 0 Å². The van der Waals surface area contributed by atoms with Gasteiger partial charge in [0.15, 0.2) is 0 Å². The van der Waals surface area contributed by atoms with Gasteiger partial charge in [-0.3, -0.25) is 4.79 Å². The number of anilines is 2. The average Bonchev–Trinajstić information content (AvgIpc) is 2.32. The number of benzene rings is 2. The molecule has 3 nitrogen and oxygen atoms in total. The van der Waals surface area contributed by atoms with E-state index >= 15 is 0 Å². The van der Waals surface area contributed by atoms with E-state index in [-0.39, 0.29) is 5.56 Å². The fourth-order valence-corrected chi connectivity index (χ4v) is 2.06. The summed E-state index contributed by atoms with van der Waals surface area (Å²) in [4.78, 5) is 11.9. The number of halogens is 3. The van der Waals surface area contributed by atoms with Gasteiger partial charge in [0.2, 0.25) is 0 Å². The van der Waals surface area contributed by atoms with Crippen molar-refractivity contribution in [2.24, 2.45) is 0 Å². The summed E-state index contributed by atoms with van der Waals surface area (Å²) in [6, 6.07) is 7.88. The number of nitrogens with one attached hydrogen (secondary N) is 1. The maximum atomic E-state index is 13.4. The highest BCUT2D eigenvalue weighted by Gasteiger charge is 2.14. The highest BCUT2D eigenvalue weighted by Crippen LogP contribution is 2.21. The highest BCUT2D eigenvalue weighted by atomic mass is 79.9. The Bertz CT molecular complexity index is 606. The summed E-state index contributed by atoms with van der Waals surface area (Å²) in [5.41, 5.74) is 5.68. The summed E-state index contributed by atoms with van der Waals surface area (Å²) in [7, 11) is 0. The molecule has 0 atom stereocenters. The minimum absolute atomic E-state index is 0.203. The smallest absolute Gasteiger partial charge is 0.255 e. The molecule has 0 aromatic heterocycles. The Balaban J connectivity index is 2.31. The molecular formula is C13H9BrF2N2O. The van der Waals surface area contributed by atoms with Crippen molar-refractivity contribution in [1.82, 2.24) is 0 Å². The van der Waals surface area contributed by atoms with Gasteiger partial charge < -0.3 is 11.1 Å². The first-order valence-corrected chi connectivity index (χ1v) is 6.08. The number of hydrogen-bond donors (Lipinski definition) is 2. The molecule has 0 bridgehead atoms. The van der Waals surface area contributed by atoms with Gasteiger partial charge in [0.1, 0.15) is 17.3 Å². The maximum absolute atomic E-state index is 13.4. The molecule has 0 radical (unpaired) electrons. The first-order valence-electron chi connectivity index (χ1n) is 5.29. The van der Waals surface area contributed by atoms with E-state index in [1.165, 1.54) is 18.2 Å². The van der Waals surface area contributed by atoms with Crippen LogP contribution in [0.2, 0.25) is 0 Å². The van der Waals surface area contributed by atoms with Gasteiger partial charge in [-0.05, 0) is 30.3 Å². The van der Waals surface area contributed by atoms with Crippen LogP contribution in [-0.2, 0) is 0 Å². The van der Waals surface area contributed by atoms with Crippen molar-refractivity contribution >= 4 is 33.2 Å². The van der Waals surface area contributed by atoms with Gasteiger partial charge >= 0.3 is 0 Å². The van der Waals surface area contributed by atoms with Gasteiger partial charge in [0, 0.05) is 15.7 Å². The van der Waals surface area contributed by atoms with E-state index in [2.05, 4.69) is 21.2 Å². The van der Waals surface area contributed by atoms with Crippen LogP contribution in [0, 0.1) is 11.6 Å². The summed E-state index contributed by atoms with van der Waals surface area (Å²) < 4.78 is 27.4. The van der Waals surface area contributed by atoms with Crippen LogP contribution in [0.3, 0.4) is 0 Å². The van der Waals surface area contributed by atoms with E-state index in [0.717, 1.165) is 12.1 Å². The number of carbonyl (C=O) groups is 1. The molecule has 0 aliphatic carbocycles. The maximum Gasteiger partial charge on any atom is 0.255 e. The number of rotatable bonds is 2. The fraction of sp³-hybridized carbons (Fsp3) is 0. The van der Waals surface area contributed by atoms with Crippen molar-refractivity contribution < 1.29 is 13.6 Å². The first-order chi connectivity index (χ1) is 8.97. The standard InChI is InChI=1S/C13H9BrF2N2O/c14-8-4-7(5-9(17)6-8)13(19)18-12-10(15)2-1-3-11(12)16/h1-6H,17H2,(H,18,19). The van der Waals surface area contributed by atoms with E-state index in [1.807, 2.05) is 0 Å². The van der Waals surface area contributed by atoms with Crippen molar-refractivity contribution in [3.05, 3.63) is 58.1 Å². The molecule has 0 aliphatic rings. The molecule has 2 rings (SSSR count). The van der Waals surface area contributed by atoms with Crippen molar-refractivity contribution in [2.75, 3.05) is 11.1 Å². The summed E-state index contributed by atoms with van der Waals surface area (Å²) >= 11 is 3.19. The number of nitrogens with two attached hydrogens (primary N) is 1. The van der Waals surface area contributed by atoms with Crippen molar-refractivity contribution in [2.45, 2.75) is 0 Å². The van der Waals surface area contributed by atoms with Crippen LogP contribution >= 0.6 is 15.9 Å². The van der Waals surface area contributed by atoms with E-state index in [0.29, 0.717) is 10.2 Å². The quantitative estimate of drug-likeness (QED) is 0.829. The number of amides is 1. The largest absolute Gasteiger partial charge is 0.399 e. The lowest BCUT2D eigenvalue weighted by Gasteiger charge is -2.08. The molecule has 0 saturated carbocycles. The second-order valence-electron chi connectivity index (χ2n) is 3.82.